The molecule has 0 fully saturated rings. The fourth-order valence-corrected chi connectivity index (χ4v) is 4.31. The van der Waals surface area contributed by atoms with Gasteiger partial charge in [-0.15, -0.1) is 0 Å². The van der Waals surface area contributed by atoms with Crippen molar-refractivity contribution in [1.29, 1.82) is 0 Å². The molecule has 3 aromatic carbocycles. The lowest BCUT2D eigenvalue weighted by molar-refractivity contribution is -0.120. The van der Waals surface area contributed by atoms with Gasteiger partial charge in [-0.25, -0.2) is 9.78 Å². The summed E-state index contributed by atoms with van der Waals surface area (Å²) in [6.07, 6.45) is 0. The third-order valence-electron chi connectivity index (χ3n) is 5.76. The van der Waals surface area contributed by atoms with Crippen LogP contribution in [0.1, 0.15) is 16.8 Å². The lowest BCUT2D eigenvalue weighted by Crippen LogP contribution is -2.43. The molecule has 3 amide bonds. The summed E-state index contributed by atoms with van der Waals surface area (Å²) in [6.45, 7) is 2.20. The predicted octanol–water partition coefficient (Wildman–Crippen LogP) is 5.89. The molecule has 4 rings (SSSR count). The van der Waals surface area contributed by atoms with E-state index >= 15 is 0 Å². The zero-order chi connectivity index (χ0) is 26.4. The Kier molecular flexibility index (Phi) is 8.48. The van der Waals surface area contributed by atoms with Crippen LogP contribution >= 0.6 is 23.2 Å². The van der Waals surface area contributed by atoms with Crippen LogP contribution < -0.4 is 20.3 Å². The maximum Gasteiger partial charge on any atom is 0.322 e. The van der Waals surface area contributed by atoms with Gasteiger partial charge in [0.1, 0.15) is 17.9 Å². The van der Waals surface area contributed by atoms with E-state index in [1.165, 1.54) is 4.90 Å². The number of nitrogens with zero attached hydrogens (tertiary/aromatic N) is 2. The van der Waals surface area contributed by atoms with Crippen LogP contribution in [0, 0.1) is 6.92 Å². The minimum absolute atomic E-state index is 0.0809. The molecule has 37 heavy (non-hydrogen) atoms. The zero-order valence-corrected chi connectivity index (χ0v) is 21.9. The van der Waals surface area contributed by atoms with Gasteiger partial charge in [0.25, 0.3) is 0 Å². The number of hydrogen-bond donors (Lipinski definition) is 2. The van der Waals surface area contributed by atoms with E-state index in [4.69, 9.17) is 27.9 Å². The molecule has 0 spiro atoms. The average molecular weight is 537 g/mol. The van der Waals surface area contributed by atoms with Crippen LogP contribution in [0.15, 0.2) is 72.8 Å². The van der Waals surface area contributed by atoms with Crippen LogP contribution in [0.5, 0.6) is 5.75 Å². The predicted molar refractivity (Wildman–Crippen MR) is 147 cm³/mol. The van der Waals surface area contributed by atoms with Crippen LogP contribution in [0.25, 0.3) is 10.9 Å². The smallest absolute Gasteiger partial charge is 0.322 e. The highest BCUT2D eigenvalue weighted by atomic mass is 35.5. The Labute approximate surface area is 225 Å². The molecule has 1 aromatic heterocycles. The van der Waals surface area contributed by atoms with Gasteiger partial charge in [0.05, 0.1) is 17.3 Å². The van der Waals surface area contributed by atoms with Gasteiger partial charge in [0.2, 0.25) is 5.91 Å². The van der Waals surface area contributed by atoms with Gasteiger partial charge in [-0.1, -0.05) is 71.7 Å². The highest BCUT2D eigenvalue weighted by Crippen LogP contribution is 2.35. The van der Waals surface area contributed by atoms with Crippen molar-refractivity contribution in [2.75, 3.05) is 18.5 Å². The number of aromatic nitrogens is 1. The Morgan fingerprint density at radius 3 is 2.51 bits per heavy atom. The van der Waals surface area contributed by atoms with E-state index in [2.05, 4.69) is 15.6 Å². The number of nitrogens with one attached hydrogen (secondary N) is 2. The number of benzene rings is 3. The molecular formula is C28H26Cl2N4O3. The molecule has 9 heteroatoms. The Hall–Kier alpha value is -3.81. The van der Waals surface area contributed by atoms with Gasteiger partial charge >= 0.3 is 6.03 Å². The van der Waals surface area contributed by atoms with Crippen molar-refractivity contribution < 1.29 is 14.3 Å². The first-order valence-corrected chi connectivity index (χ1v) is 12.4. The first-order chi connectivity index (χ1) is 17.8. The number of carbonyl (C=O) groups is 2. The average Bonchev–Trinajstić information content (AvgIpc) is 2.90. The van der Waals surface area contributed by atoms with Gasteiger partial charge in [-0.2, -0.15) is 0 Å². The van der Waals surface area contributed by atoms with Gasteiger partial charge in [-0.05, 0) is 36.8 Å². The lowest BCUT2D eigenvalue weighted by atomic mass is 10.1. The van der Waals surface area contributed by atoms with Crippen molar-refractivity contribution in [1.82, 2.24) is 15.6 Å². The molecule has 7 nitrogen and oxygen atoms in total. The molecule has 0 aliphatic heterocycles. The molecule has 1 heterocycles. The monoisotopic (exact) mass is 536 g/mol. The van der Waals surface area contributed by atoms with Crippen molar-refractivity contribution in [3.05, 3.63) is 99.7 Å². The highest BCUT2D eigenvalue weighted by molar-refractivity contribution is 6.38. The van der Waals surface area contributed by atoms with E-state index in [0.29, 0.717) is 28.6 Å². The van der Waals surface area contributed by atoms with E-state index in [-0.39, 0.29) is 24.1 Å². The second kappa shape index (κ2) is 12.0. The molecule has 0 radical (unpaired) electrons. The summed E-state index contributed by atoms with van der Waals surface area (Å²) in [7, 11) is 1.56. The fraction of sp³-hybridized carbons (Fsp3) is 0.179. The number of carbonyl (C=O) groups excluding carboxylic acids is 2. The van der Waals surface area contributed by atoms with Crippen LogP contribution in [-0.2, 0) is 17.9 Å². The summed E-state index contributed by atoms with van der Waals surface area (Å²) < 4.78 is 6.06. The second-order valence-electron chi connectivity index (χ2n) is 8.41. The quantitative estimate of drug-likeness (QED) is 0.294. The molecule has 0 aliphatic rings. The third kappa shape index (κ3) is 6.50. The van der Waals surface area contributed by atoms with Crippen LogP contribution in [-0.4, -0.2) is 30.5 Å². The molecule has 190 valence electrons. The summed E-state index contributed by atoms with van der Waals surface area (Å²) in [5.41, 5.74) is 3.55. The number of halogens is 2. The van der Waals surface area contributed by atoms with Crippen LogP contribution in [0.4, 0.5) is 10.5 Å². The van der Waals surface area contributed by atoms with Crippen molar-refractivity contribution in [2.45, 2.75) is 20.1 Å². The molecule has 0 saturated heterocycles. The number of anilines is 1. The normalized spacial score (nSPS) is 10.7. The highest BCUT2D eigenvalue weighted by Gasteiger charge is 2.19. The molecular weight excluding hydrogens is 511 g/mol. The van der Waals surface area contributed by atoms with E-state index in [9.17, 15) is 9.59 Å². The summed E-state index contributed by atoms with van der Waals surface area (Å²) >= 11 is 13.1. The number of pyridine rings is 1. The van der Waals surface area contributed by atoms with E-state index in [0.717, 1.165) is 22.2 Å². The number of rotatable bonds is 8. The number of hydrogen-bond acceptors (Lipinski definition) is 4. The number of amides is 3. The lowest BCUT2D eigenvalue weighted by Gasteiger charge is -2.21. The molecule has 0 bridgehead atoms. The summed E-state index contributed by atoms with van der Waals surface area (Å²) in [5, 5.41) is 7.02. The van der Waals surface area contributed by atoms with Crippen molar-refractivity contribution in [3.8, 4) is 5.75 Å². The summed E-state index contributed by atoms with van der Waals surface area (Å²) in [6, 6.07) is 22.0. The maximum absolute atomic E-state index is 12.7. The van der Waals surface area contributed by atoms with E-state index in [1.807, 2.05) is 67.6 Å². The van der Waals surface area contributed by atoms with Gasteiger partial charge < -0.3 is 15.4 Å². The van der Waals surface area contributed by atoms with Crippen molar-refractivity contribution in [2.24, 2.45) is 0 Å². The van der Waals surface area contributed by atoms with Crippen molar-refractivity contribution >= 4 is 51.7 Å². The van der Waals surface area contributed by atoms with E-state index in [1.54, 1.807) is 19.2 Å². The standard InChI is InChI=1S/C28H26Cl2N4O3/c1-18-11-12-20-9-6-10-24(27(20)33-18)37-17-21-22(29)13-14-23(26(21)30)34(2)28(36)32-16-25(35)31-15-19-7-4-3-5-8-19/h3-14H,15-17H2,1-2H3,(H,31,35)(H,32,36). The first kappa shape index (κ1) is 26.3. The molecule has 0 unspecified atom stereocenters. The Morgan fingerprint density at radius 2 is 1.73 bits per heavy atom. The summed E-state index contributed by atoms with van der Waals surface area (Å²) in [5.74, 6) is 0.298. The minimum Gasteiger partial charge on any atom is -0.487 e. The zero-order valence-electron chi connectivity index (χ0n) is 20.4. The SMILES string of the molecule is Cc1ccc2cccc(OCc3c(Cl)ccc(N(C)C(=O)NCC(=O)NCc4ccccc4)c3Cl)c2n1. The third-order valence-corrected chi connectivity index (χ3v) is 6.53. The maximum atomic E-state index is 12.7. The van der Waals surface area contributed by atoms with Gasteiger partial charge in [0, 0.05) is 35.3 Å². The topological polar surface area (TPSA) is 83.6 Å². The van der Waals surface area contributed by atoms with Gasteiger partial charge in [0.15, 0.2) is 0 Å². The van der Waals surface area contributed by atoms with Gasteiger partial charge in [-0.3, -0.25) is 9.69 Å². The molecule has 0 aliphatic carbocycles. The number of fused-ring (bicyclic) bond motifs is 1. The fourth-order valence-electron chi connectivity index (χ4n) is 3.70. The first-order valence-electron chi connectivity index (χ1n) is 11.6. The second-order valence-corrected chi connectivity index (χ2v) is 9.19. The van der Waals surface area contributed by atoms with Crippen LogP contribution in [0.3, 0.4) is 0 Å². The Bertz CT molecular complexity index is 1430. The number of aryl methyl sites for hydroxylation is 1. The number of para-hydroxylation sites is 1. The molecule has 4 aromatic rings. The molecule has 2 N–H and O–H groups in total. The minimum atomic E-state index is -0.486. The van der Waals surface area contributed by atoms with E-state index < -0.39 is 6.03 Å². The Morgan fingerprint density at radius 1 is 0.946 bits per heavy atom. The Balaban J connectivity index is 1.40. The number of urea groups is 1. The van der Waals surface area contributed by atoms with Crippen molar-refractivity contribution in [3.63, 3.8) is 0 Å². The summed E-state index contributed by atoms with van der Waals surface area (Å²) in [4.78, 5) is 30.8. The van der Waals surface area contributed by atoms with Crippen LogP contribution in [0.2, 0.25) is 10.0 Å². The largest absolute Gasteiger partial charge is 0.487 e. The molecule has 0 saturated carbocycles. The molecule has 0 atom stereocenters. The number of ether oxygens (including phenoxy) is 1.